The van der Waals surface area contributed by atoms with Crippen LogP contribution in [0.2, 0.25) is 0 Å². The average Bonchev–Trinajstić information content (AvgIpc) is 2.68. The normalized spacial score (nSPS) is 28.1. The van der Waals surface area contributed by atoms with E-state index >= 15 is 0 Å². The zero-order valence-corrected chi connectivity index (χ0v) is 9.08. The Hall–Kier alpha value is -0.610. The van der Waals surface area contributed by atoms with Gasteiger partial charge in [0.1, 0.15) is 0 Å². The Balaban J connectivity index is 2.04. The Bertz CT molecular complexity index is 245. The third-order valence-electron chi connectivity index (χ3n) is 3.89. The first kappa shape index (κ1) is 10.9. The highest BCUT2D eigenvalue weighted by molar-refractivity contribution is 5.72. The van der Waals surface area contributed by atoms with Crippen LogP contribution in [0, 0.1) is 5.41 Å². The van der Waals surface area contributed by atoms with Gasteiger partial charge in [-0.1, -0.05) is 6.92 Å². The summed E-state index contributed by atoms with van der Waals surface area (Å²) >= 11 is 0. The van der Waals surface area contributed by atoms with Gasteiger partial charge in [-0.2, -0.15) is 0 Å². The van der Waals surface area contributed by atoms with Crippen LogP contribution in [-0.2, 0) is 14.3 Å². The van der Waals surface area contributed by atoms with E-state index < -0.39 is 17.2 Å². The third kappa shape index (κ3) is 1.76. The molecule has 2 rings (SSSR count). The minimum Gasteiger partial charge on any atom is -0.550 e. The molecule has 2 aliphatic rings. The number of carboxylic acid groups (broad SMARTS) is 1. The van der Waals surface area contributed by atoms with E-state index in [0.29, 0.717) is 45.3 Å². The van der Waals surface area contributed by atoms with Crippen molar-refractivity contribution in [2.45, 2.75) is 44.8 Å². The van der Waals surface area contributed by atoms with Gasteiger partial charge in [0.2, 0.25) is 0 Å². The molecule has 86 valence electrons. The molecule has 0 amide bonds. The SMILES string of the molecule is CCC1(C(=O)[O-])CCC2(CC1)OCCO2. The molecule has 0 radical (unpaired) electrons. The van der Waals surface area contributed by atoms with Crippen LogP contribution in [0.1, 0.15) is 39.0 Å². The molecule has 0 aromatic carbocycles. The second-order valence-corrected chi connectivity index (χ2v) is 4.53. The number of hydrogen-bond acceptors (Lipinski definition) is 4. The fourth-order valence-corrected chi connectivity index (χ4v) is 2.60. The van der Waals surface area contributed by atoms with Crippen molar-refractivity contribution in [2.75, 3.05) is 13.2 Å². The van der Waals surface area contributed by atoms with Gasteiger partial charge in [0.25, 0.3) is 0 Å². The van der Waals surface area contributed by atoms with E-state index in [1.165, 1.54) is 0 Å². The third-order valence-corrected chi connectivity index (χ3v) is 3.89. The molecule has 0 N–H and O–H groups in total. The van der Waals surface area contributed by atoms with Crippen LogP contribution in [0.15, 0.2) is 0 Å². The van der Waals surface area contributed by atoms with Gasteiger partial charge in [0, 0.05) is 24.2 Å². The highest BCUT2D eigenvalue weighted by Gasteiger charge is 2.46. The Morgan fingerprint density at radius 1 is 1.20 bits per heavy atom. The summed E-state index contributed by atoms with van der Waals surface area (Å²) in [5, 5.41) is 11.1. The van der Waals surface area contributed by atoms with E-state index in [4.69, 9.17) is 9.47 Å². The number of carbonyl (C=O) groups excluding carboxylic acids is 1. The lowest BCUT2D eigenvalue weighted by Gasteiger charge is -2.43. The first-order valence-electron chi connectivity index (χ1n) is 5.62. The standard InChI is InChI=1S/C11H18O4/c1-2-10(9(12)13)3-5-11(6-4-10)14-7-8-15-11/h2-8H2,1H3,(H,12,13)/p-1. The van der Waals surface area contributed by atoms with Crippen LogP contribution in [0.4, 0.5) is 0 Å². The van der Waals surface area contributed by atoms with Crippen LogP contribution in [0.5, 0.6) is 0 Å². The van der Waals surface area contributed by atoms with Gasteiger partial charge in [-0.25, -0.2) is 0 Å². The first-order chi connectivity index (χ1) is 7.13. The van der Waals surface area contributed by atoms with E-state index in [-0.39, 0.29) is 0 Å². The molecular formula is C11H17O4-. The topological polar surface area (TPSA) is 58.6 Å². The van der Waals surface area contributed by atoms with Crippen molar-refractivity contribution >= 4 is 5.97 Å². The molecule has 4 heteroatoms. The summed E-state index contributed by atoms with van der Waals surface area (Å²) < 4.78 is 11.1. The molecule has 4 nitrogen and oxygen atoms in total. The zero-order chi connectivity index (χ0) is 10.9. The molecule has 0 atom stereocenters. The van der Waals surface area contributed by atoms with Gasteiger partial charge >= 0.3 is 0 Å². The van der Waals surface area contributed by atoms with E-state index in [0.717, 1.165) is 0 Å². The van der Waals surface area contributed by atoms with Gasteiger partial charge in [-0.3, -0.25) is 0 Å². The molecule has 2 fully saturated rings. The maximum absolute atomic E-state index is 11.1. The van der Waals surface area contributed by atoms with Crippen LogP contribution < -0.4 is 5.11 Å². The fourth-order valence-electron chi connectivity index (χ4n) is 2.60. The molecule has 1 aliphatic heterocycles. The Morgan fingerprint density at radius 3 is 2.13 bits per heavy atom. The van der Waals surface area contributed by atoms with Crippen LogP contribution in [-0.4, -0.2) is 25.0 Å². The molecule has 0 unspecified atom stereocenters. The Morgan fingerprint density at radius 2 is 1.73 bits per heavy atom. The summed E-state index contributed by atoms with van der Waals surface area (Å²) in [4.78, 5) is 11.1. The van der Waals surface area contributed by atoms with Crippen LogP contribution in [0.25, 0.3) is 0 Å². The number of carboxylic acids is 1. The van der Waals surface area contributed by atoms with E-state index in [9.17, 15) is 9.90 Å². The van der Waals surface area contributed by atoms with Gasteiger partial charge in [-0.15, -0.1) is 0 Å². The molecule has 1 saturated carbocycles. The predicted molar refractivity (Wildman–Crippen MR) is 50.8 cm³/mol. The molecular weight excluding hydrogens is 196 g/mol. The maximum Gasteiger partial charge on any atom is 0.168 e. The number of carbonyl (C=O) groups is 1. The maximum atomic E-state index is 11.1. The van der Waals surface area contributed by atoms with Gasteiger partial charge in [0.05, 0.1) is 13.2 Å². The lowest BCUT2D eigenvalue weighted by atomic mass is 9.70. The lowest BCUT2D eigenvalue weighted by Crippen LogP contribution is -2.48. The minimum atomic E-state index is -0.919. The summed E-state index contributed by atoms with van der Waals surface area (Å²) in [6.07, 6.45) is 3.19. The van der Waals surface area contributed by atoms with Crippen molar-refractivity contribution < 1.29 is 19.4 Å². The summed E-state index contributed by atoms with van der Waals surface area (Å²) in [5.74, 6) is -1.40. The Labute approximate surface area is 89.6 Å². The summed E-state index contributed by atoms with van der Waals surface area (Å²) in [6, 6.07) is 0. The number of rotatable bonds is 2. The quantitative estimate of drug-likeness (QED) is 0.668. The van der Waals surface area contributed by atoms with E-state index in [1.54, 1.807) is 0 Å². The second-order valence-electron chi connectivity index (χ2n) is 4.53. The van der Waals surface area contributed by atoms with Crippen molar-refractivity contribution in [1.29, 1.82) is 0 Å². The van der Waals surface area contributed by atoms with Crippen molar-refractivity contribution in [3.63, 3.8) is 0 Å². The molecule has 1 spiro atoms. The van der Waals surface area contributed by atoms with Crippen molar-refractivity contribution in [3.05, 3.63) is 0 Å². The van der Waals surface area contributed by atoms with Crippen molar-refractivity contribution in [3.8, 4) is 0 Å². The van der Waals surface area contributed by atoms with E-state index in [2.05, 4.69) is 0 Å². The summed E-state index contributed by atoms with van der Waals surface area (Å²) in [6.45, 7) is 3.17. The average molecular weight is 213 g/mol. The molecule has 0 aromatic rings. The largest absolute Gasteiger partial charge is 0.550 e. The smallest absolute Gasteiger partial charge is 0.168 e. The number of aliphatic carboxylic acids is 1. The van der Waals surface area contributed by atoms with Crippen LogP contribution in [0.3, 0.4) is 0 Å². The molecule has 1 saturated heterocycles. The summed E-state index contributed by atoms with van der Waals surface area (Å²) in [5.41, 5.74) is -0.652. The van der Waals surface area contributed by atoms with Gasteiger partial charge < -0.3 is 19.4 Å². The van der Waals surface area contributed by atoms with E-state index in [1.807, 2.05) is 6.92 Å². The molecule has 0 bridgehead atoms. The summed E-state index contributed by atoms with van der Waals surface area (Å²) in [7, 11) is 0. The van der Waals surface area contributed by atoms with Crippen LogP contribution >= 0.6 is 0 Å². The fraction of sp³-hybridized carbons (Fsp3) is 0.909. The zero-order valence-electron chi connectivity index (χ0n) is 9.08. The molecule has 0 aromatic heterocycles. The molecule has 1 heterocycles. The Kier molecular flexibility index (Phi) is 2.73. The molecule has 1 aliphatic carbocycles. The van der Waals surface area contributed by atoms with Gasteiger partial charge in [0.15, 0.2) is 5.79 Å². The van der Waals surface area contributed by atoms with Crippen molar-refractivity contribution in [2.24, 2.45) is 5.41 Å². The predicted octanol–water partition coefficient (Wildman–Crippen LogP) is 0.450. The second kappa shape index (κ2) is 3.76. The minimum absolute atomic E-state index is 0.478. The first-order valence-corrected chi connectivity index (χ1v) is 5.62. The van der Waals surface area contributed by atoms with Crippen molar-refractivity contribution in [1.82, 2.24) is 0 Å². The monoisotopic (exact) mass is 213 g/mol. The van der Waals surface area contributed by atoms with Gasteiger partial charge in [-0.05, 0) is 19.3 Å². The number of ether oxygens (including phenoxy) is 2. The highest BCUT2D eigenvalue weighted by atomic mass is 16.7. The lowest BCUT2D eigenvalue weighted by molar-refractivity contribution is -0.324. The number of hydrogen-bond donors (Lipinski definition) is 0. The molecule has 15 heavy (non-hydrogen) atoms. The highest BCUT2D eigenvalue weighted by Crippen LogP contribution is 2.46.